The van der Waals surface area contributed by atoms with Crippen LogP contribution in [0.15, 0.2) is 24.3 Å². The molecule has 0 bridgehead atoms. The molecule has 2 atom stereocenters. The van der Waals surface area contributed by atoms with E-state index in [1.54, 1.807) is 0 Å². The number of para-hydroxylation sites is 1. The van der Waals surface area contributed by atoms with E-state index in [0.717, 1.165) is 18.7 Å². The lowest BCUT2D eigenvalue weighted by atomic mass is 9.97. The van der Waals surface area contributed by atoms with Gasteiger partial charge in [0.05, 0.1) is 0 Å². The van der Waals surface area contributed by atoms with E-state index >= 15 is 0 Å². The number of rotatable bonds is 7. The fraction of sp³-hybridized carbons (Fsp3) is 0.625. The van der Waals surface area contributed by atoms with Gasteiger partial charge in [-0.3, -0.25) is 0 Å². The van der Waals surface area contributed by atoms with E-state index in [4.69, 9.17) is 4.74 Å². The zero-order valence-electron chi connectivity index (χ0n) is 12.4. The number of benzene rings is 1. The predicted octanol–water partition coefficient (Wildman–Crippen LogP) is 3.82. The molecule has 0 fully saturated rings. The summed E-state index contributed by atoms with van der Waals surface area (Å²) in [6.45, 7) is 9.76. The van der Waals surface area contributed by atoms with E-state index in [1.807, 2.05) is 7.05 Å². The second kappa shape index (κ2) is 7.42. The van der Waals surface area contributed by atoms with Crippen molar-refractivity contribution in [2.75, 3.05) is 13.6 Å². The Morgan fingerprint density at radius 3 is 2.39 bits per heavy atom. The summed E-state index contributed by atoms with van der Waals surface area (Å²) in [7, 11) is 1.97. The van der Waals surface area contributed by atoms with Crippen LogP contribution in [-0.2, 0) is 0 Å². The summed E-state index contributed by atoms with van der Waals surface area (Å²) in [6, 6.07) is 8.42. The zero-order chi connectivity index (χ0) is 13.5. The van der Waals surface area contributed by atoms with Crippen molar-refractivity contribution < 1.29 is 4.74 Å². The number of hydrogen-bond donors (Lipinski definition) is 1. The van der Waals surface area contributed by atoms with Crippen molar-refractivity contribution in [3.8, 4) is 5.75 Å². The Hall–Kier alpha value is -1.02. The summed E-state index contributed by atoms with van der Waals surface area (Å²) < 4.78 is 6.21. The average Bonchev–Trinajstić information content (AvgIpc) is 2.37. The minimum Gasteiger partial charge on any atom is -0.489 e. The van der Waals surface area contributed by atoms with Gasteiger partial charge in [-0.25, -0.2) is 0 Å². The molecule has 102 valence electrons. The summed E-state index contributed by atoms with van der Waals surface area (Å²) in [5, 5.41) is 3.21. The summed E-state index contributed by atoms with van der Waals surface area (Å²) in [5.74, 6) is 2.09. The van der Waals surface area contributed by atoms with Crippen LogP contribution in [0.5, 0.6) is 5.75 Å². The van der Waals surface area contributed by atoms with E-state index in [9.17, 15) is 0 Å². The molecule has 0 saturated carbocycles. The van der Waals surface area contributed by atoms with Gasteiger partial charge in [0.2, 0.25) is 0 Å². The Morgan fingerprint density at radius 1 is 1.17 bits per heavy atom. The van der Waals surface area contributed by atoms with E-state index in [0.29, 0.717) is 11.8 Å². The van der Waals surface area contributed by atoms with Crippen molar-refractivity contribution >= 4 is 0 Å². The SMILES string of the molecule is CCC(C)c1ccccc1OC(CNC)C(C)C. The molecule has 1 aromatic rings. The third-order valence-corrected chi connectivity index (χ3v) is 3.49. The summed E-state index contributed by atoms with van der Waals surface area (Å²) in [6.07, 6.45) is 1.36. The maximum absolute atomic E-state index is 6.21. The number of likely N-dealkylation sites (N-methyl/N-ethyl adjacent to an activating group) is 1. The van der Waals surface area contributed by atoms with E-state index < -0.39 is 0 Å². The van der Waals surface area contributed by atoms with Crippen LogP contribution in [0.2, 0.25) is 0 Å². The van der Waals surface area contributed by atoms with Crippen molar-refractivity contribution in [1.82, 2.24) is 5.32 Å². The van der Waals surface area contributed by atoms with Crippen LogP contribution in [0, 0.1) is 5.92 Å². The standard InChI is InChI=1S/C16H27NO/c1-6-13(4)14-9-7-8-10-15(14)18-16(11-17-5)12(2)3/h7-10,12-13,16-17H,6,11H2,1-5H3. The molecule has 0 saturated heterocycles. The minimum atomic E-state index is 0.222. The molecule has 2 nitrogen and oxygen atoms in total. The highest BCUT2D eigenvalue weighted by molar-refractivity contribution is 5.36. The van der Waals surface area contributed by atoms with Gasteiger partial charge >= 0.3 is 0 Å². The Labute approximate surface area is 112 Å². The van der Waals surface area contributed by atoms with Crippen LogP contribution in [0.3, 0.4) is 0 Å². The smallest absolute Gasteiger partial charge is 0.123 e. The van der Waals surface area contributed by atoms with Crippen LogP contribution in [0.1, 0.15) is 45.6 Å². The Bertz CT molecular complexity index is 349. The fourth-order valence-corrected chi connectivity index (χ4v) is 1.99. The molecular formula is C16H27NO. The Balaban J connectivity index is 2.88. The van der Waals surface area contributed by atoms with E-state index in [2.05, 4.69) is 57.3 Å². The van der Waals surface area contributed by atoms with Crippen LogP contribution in [0.4, 0.5) is 0 Å². The summed E-state index contributed by atoms with van der Waals surface area (Å²) >= 11 is 0. The van der Waals surface area contributed by atoms with Gasteiger partial charge in [-0.1, -0.05) is 45.9 Å². The first-order valence-corrected chi connectivity index (χ1v) is 7.00. The highest BCUT2D eigenvalue weighted by atomic mass is 16.5. The third-order valence-electron chi connectivity index (χ3n) is 3.49. The molecular weight excluding hydrogens is 222 g/mol. The number of hydrogen-bond acceptors (Lipinski definition) is 2. The molecule has 1 N–H and O–H groups in total. The maximum atomic E-state index is 6.21. The van der Waals surface area contributed by atoms with Gasteiger partial charge in [0.25, 0.3) is 0 Å². The van der Waals surface area contributed by atoms with E-state index in [-0.39, 0.29) is 6.10 Å². The van der Waals surface area contributed by atoms with E-state index in [1.165, 1.54) is 5.56 Å². The van der Waals surface area contributed by atoms with Gasteiger partial charge in [-0.2, -0.15) is 0 Å². The molecule has 0 aromatic heterocycles. The first-order valence-electron chi connectivity index (χ1n) is 7.00. The molecule has 0 amide bonds. The molecule has 0 aliphatic heterocycles. The highest BCUT2D eigenvalue weighted by Crippen LogP contribution is 2.29. The topological polar surface area (TPSA) is 21.3 Å². The first kappa shape index (κ1) is 15.0. The van der Waals surface area contributed by atoms with Crippen molar-refractivity contribution in [1.29, 1.82) is 0 Å². The number of ether oxygens (including phenoxy) is 1. The number of nitrogens with one attached hydrogen (secondary N) is 1. The molecule has 1 aromatic carbocycles. The van der Waals surface area contributed by atoms with Crippen molar-refractivity contribution in [3.63, 3.8) is 0 Å². The fourth-order valence-electron chi connectivity index (χ4n) is 1.99. The monoisotopic (exact) mass is 249 g/mol. The van der Waals surface area contributed by atoms with Crippen LogP contribution in [-0.4, -0.2) is 19.7 Å². The van der Waals surface area contributed by atoms with Crippen LogP contribution < -0.4 is 10.1 Å². The zero-order valence-corrected chi connectivity index (χ0v) is 12.4. The molecule has 0 radical (unpaired) electrons. The second-order valence-electron chi connectivity index (χ2n) is 5.31. The Morgan fingerprint density at radius 2 is 1.83 bits per heavy atom. The van der Waals surface area contributed by atoms with Crippen molar-refractivity contribution in [3.05, 3.63) is 29.8 Å². The molecule has 2 heteroatoms. The highest BCUT2D eigenvalue weighted by Gasteiger charge is 2.17. The molecule has 0 aliphatic rings. The van der Waals surface area contributed by atoms with Gasteiger partial charge in [0, 0.05) is 6.54 Å². The third kappa shape index (κ3) is 4.02. The lowest BCUT2D eigenvalue weighted by molar-refractivity contribution is 0.149. The van der Waals surface area contributed by atoms with Gasteiger partial charge in [-0.05, 0) is 36.9 Å². The predicted molar refractivity (Wildman–Crippen MR) is 78.3 cm³/mol. The van der Waals surface area contributed by atoms with Crippen molar-refractivity contribution in [2.45, 2.75) is 46.1 Å². The quantitative estimate of drug-likeness (QED) is 0.793. The maximum Gasteiger partial charge on any atom is 0.123 e. The van der Waals surface area contributed by atoms with Gasteiger partial charge in [0.1, 0.15) is 11.9 Å². The van der Waals surface area contributed by atoms with Crippen LogP contribution in [0.25, 0.3) is 0 Å². The molecule has 0 aliphatic carbocycles. The average molecular weight is 249 g/mol. The Kier molecular flexibility index (Phi) is 6.20. The summed E-state index contributed by atoms with van der Waals surface area (Å²) in [4.78, 5) is 0. The second-order valence-corrected chi connectivity index (χ2v) is 5.31. The van der Waals surface area contributed by atoms with Gasteiger partial charge < -0.3 is 10.1 Å². The normalized spacial score (nSPS) is 14.6. The molecule has 18 heavy (non-hydrogen) atoms. The molecule has 0 heterocycles. The lowest BCUT2D eigenvalue weighted by Gasteiger charge is -2.25. The summed E-state index contributed by atoms with van der Waals surface area (Å²) in [5.41, 5.74) is 1.32. The lowest BCUT2D eigenvalue weighted by Crippen LogP contribution is -2.34. The van der Waals surface area contributed by atoms with Crippen molar-refractivity contribution in [2.24, 2.45) is 5.92 Å². The minimum absolute atomic E-state index is 0.222. The van der Waals surface area contributed by atoms with Crippen LogP contribution >= 0.6 is 0 Å². The molecule has 1 rings (SSSR count). The largest absolute Gasteiger partial charge is 0.489 e. The molecule has 2 unspecified atom stereocenters. The van der Waals surface area contributed by atoms with Gasteiger partial charge in [-0.15, -0.1) is 0 Å². The van der Waals surface area contributed by atoms with Gasteiger partial charge in [0.15, 0.2) is 0 Å². The first-order chi connectivity index (χ1) is 8.60. The molecule has 0 spiro atoms.